The lowest BCUT2D eigenvalue weighted by Gasteiger charge is -2.56. The van der Waals surface area contributed by atoms with Crippen LogP contribution in [0.3, 0.4) is 0 Å². The molecule has 0 saturated heterocycles. The standard InChI is InChI=1S/C17H27NO/c1-5-17(6-2)14(12-16(17)18-4)13-10-8-9-11-15(13)19-7-3/h8-11,14,16,18H,5-7,12H2,1-4H3. The first-order valence-electron chi connectivity index (χ1n) is 7.62. The van der Waals surface area contributed by atoms with Gasteiger partial charge in [-0.1, -0.05) is 32.0 Å². The molecule has 1 fully saturated rings. The number of rotatable bonds is 6. The molecule has 0 heterocycles. The van der Waals surface area contributed by atoms with Crippen LogP contribution in [0.15, 0.2) is 24.3 Å². The zero-order valence-electron chi connectivity index (χ0n) is 12.7. The maximum absolute atomic E-state index is 5.82. The summed E-state index contributed by atoms with van der Waals surface area (Å²) in [6, 6.07) is 9.22. The van der Waals surface area contributed by atoms with Gasteiger partial charge in [-0.25, -0.2) is 0 Å². The molecule has 106 valence electrons. The highest BCUT2D eigenvalue weighted by Crippen LogP contribution is 2.58. The van der Waals surface area contributed by atoms with E-state index in [1.807, 2.05) is 0 Å². The van der Waals surface area contributed by atoms with Crippen molar-refractivity contribution in [3.63, 3.8) is 0 Å². The molecule has 2 nitrogen and oxygen atoms in total. The predicted molar refractivity (Wildman–Crippen MR) is 80.8 cm³/mol. The van der Waals surface area contributed by atoms with E-state index in [2.05, 4.69) is 57.4 Å². The van der Waals surface area contributed by atoms with Gasteiger partial charge in [0.2, 0.25) is 0 Å². The zero-order valence-corrected chi connectivity index (χ0v) is 12.7. The molecule has 1 aliphatic rings. The van der Waals surface area contributed by atoms with Crippen LogP contribution in [0.2, 0.25) is 0 Å². The average molecular weight is 261 g/mol. The number of hydrogen-bond donors (Lipinski definition) is 1. The molecule has 1 aliphatic carbocycles. The highest BCUT2D eigenvalue weighted by molar-refractivity contribution is 5.40. The average Bonchev–Trinajstić information content (AvgIpc) is 2.42. The molecule has 1 aromatic carbocycles. The first-order chi connectivity index (χ1) is 9.23. The van der Waals surface area contributed by atoms with Crippen LogP contribution in [-0.4, -0.2) is 19.7 Å². The van der Waals surface area contributed by atoms with Crippen molar-refractivity contribution >= 4 is 0 Å². The first-order valence-corrected chi connectivity index (χ1v) is 7.62. The fraction of sp³-hybridized carbons (Fsp3) is 0.647. The lowest BCUT2D eigenvalue weighted by Crippen LogP contribution is -2.57. The van der Waals surface area contributed by atoms with E-state index in [0.29, 0.717) is 17.4 Å². The second-order valence-corrected chi connectivity index (χ2v) is 5.54. The number of hydrogen-bond acceptors (Lipinski definition) is 2. The topological polar surface area (TPSA) is 21.3 Å². The van der Waals surface area contributed by atoms with E-state index < -0.39 is 0 Å². The molecule has 0 bridgehead atoms. The Labute approximate surface area is 117 Å². The molecular weight excluding hydrogens is 234 g/mol. The van der Waals surface area contributed by atoms with Crippen molar-refractivity contribution in [2.24, 2.45) is 5.41 Å². The maximum atomic E-state index is 5.82. The molecule has 0 radical (unpaired) electrons. The molecule has 2 rings (SSSR count). The number of para-hydroxylation sites is 1. The molecule has 2 heteroatoms. The van der Waals surface area contributed by atoms with E-state index in [0.717, 1.165) is 12.4 Å². The lowest BCUT2D eigenvalue weighted by atomic mass is 9.51. The van der Waals surface area contributed by atoms with Crippen LogP contribution in [0.4, 0.5) is 0 Å². The number of ether oxygens (including phenoxy) is 1. The molecule has 1 N–H and O–H groups in total. The Bertz CT molecular complexity index is 411. The van der Waals surface area contributed by atoms with Crippen LogP contribution in [-0.2, 0) is 0 Å². The van der Waals surface area contributed by atoms with Crippen molar-refractivity contribution in [3.05, 3.63) is 29.8 Å². The van der Waals surface area contributed by atoms with E-state index in [4.69, 9.17) is 4.74 Å². The highest BCUT2D eigenvalue weighted by Gasteiger charge is 2.52. The monoisotopic (exact) mass is 261 g/mol. The lowest BCUT2D eigenvalue weighted by molar-refractivity contribution is 0.0231. The van der Waals surface area contributed by atoms with Gasteiger partial charge < -0.3 is 10.1 Å². The Morgan fingerprint density at radius 3 is 2.47 bits per heavy atom. The Morgan fingerprint density at radius 1 is 1.21 bits per heavy atom. The van der Waals surface area contributed by atoms with Crippen LogP contribution in [0.1, 0.15) is 51.5 Å². The highest BCUT2D eigenvalue weighted by atomic mass is 16.5. The minimum Gasteiger partial charge on any atom is -0.494 e. The van der Waals surface area contributed by atoms with Gasteiger partial charge in [0.25, 0.3) is 0 Å². The Kier molecular flexibility index (Phi) is 4.51. The van der Waals surface area contributed by atoms with Gasteiger partial charge in [0.1, 0.15) is 5.75 Å². The summed E-state index contributed by atoms with van der Waals surface area (Å²) >= 11 is 0. The zero-order chi connectivity index (χ0) is 13.9. The summed E-state index contributed by atoms with van der Waals surface area (Å²) < 4.78 is 5.82. The van der Waals surface area contributed by atoms with Gasteiger partial charge in [-0.05, 0) is 56.2 Å². The van der Waals surface area contributed by atoms with Crippen LogP contribution >= 0.6 is 0 Å². The fourth-order valence-electron chi connectivity index (χ4n) is 3.92. The van der Waals surface area contributed by atoms with Gasteiger partial charge in [-0.3, -0.25) is 0 Å². The summed E-state index contributed by atoms with van der Waals surface area (Å²) in [5, 5.41) is 3.50. The summed E-state index contributed by atoms with van der Waals surface area (Å²) in [6.07, 6.45) is 3.67. The molecule has 0 aromatic heterocycles. The Morgan fingerprint density at radius 2 is 1.89 bits per heavy atom. The van der Waals surface area contributed by atoms with Crippen LogP contribution in [0.25, 0.3) is 0 Å². The first kappa shape index (κ1) is 14.4. The molecule has 0 amide bonds. The van der Waals surface area contributed by atoms with Crippen molar-refractivity contribution < 1.29 is 4.74 Å². The molecule has 2 unspecified atom stereocenters. The summed E-state index contributed by atoms with van der Waals surface area (Å²) in [6.45, 7) is 7.44. The summed E-state index contributed by atoms with van der Waals surface area (Å²) in [4.78, 5) is 0. The van der Waals surface area contributed by atoms with Crippen molar-refractivity contribution in [2.75, 3.05) is 13.7 Å². The Hall–Kier alpha value is -1.02. The van der Waals surface area contributed by atoms with Crippen molar-refractivity contribution in [2.45, 2.75) is 52.0 Å². The quantitative estimate of drug-likeness (QED) is 0.836. The Balaban J connectivity index is 2.32. The SMILES string of the molecule is CCOc1ccccc1C1CC(NC)C1(CC)CC. The van der Waals surface area contributed by atoms with Gasteiger partial charge in [0, 0.05) is 6.04 Å². The normalized spacial score (nSPS) is 24.8. The van der Waals surface area contributed by atoms with E-state index in [9.17, 15) is 0 Å². The smallest absolute Gasteiger partial charge is 0.122 e. The second-order valence-electron chi connectivity index (χ2n) is 5.54. The third-order valence-corrected chi connectivity index (χ3v) is 5.12. The molecule has 0 aliphatic heterocycles. The van der Waals surface area contributed by atoms with Crippen molar-refractivity contribution in [1.29, 1.82) is 0 Å². The maximum Gasteiger partial charge on any atom is 0.122 e. The van der Waals surface area contributed by atoms with Crippen molar-refractivity contribution in [3.8, 4) is 5.75 Å². The molecule has 2 atom stereocenters. The van der Waals surface area contributed by atoms with Gasteiger partial charge in [-0.15, -0.1) is 0 Å². The summed E-state index contributed by atoms with van der Waals surface area (Å²) in [5.41, 5.74) is 1.79. The third-order valence-electron chi connectivity index (χ3n) is 5.12. The molecule has 1 aromatic rings. The van der Waals surface area contributed by atoms with E-state index >= 15 is 0 Å². The minimum atomic E-state index is 0.391. The van der Waals surface area contributed by atoms with Gasteiger partial charge >= 0.3 is 0 Å². The molecule has 19 heavy (non-hydrogen) atoms. The van der Waals surface area contributed by atoms with E-state index in [1.54, 1.807) is 0 Å². The summed E-state index contributed by atoms with van der Waals surface area (Å²) in [7, 11) is 2.09. The summed E-state index contributed by atoms with van der Waals surface area (Å²) in [5.74, 6) is 1.71. The minimum absolute atomic E-state index is 0.391. The van der Waals surface area contributed by atoms with Crippen LogP contribution in [0.5, 0.6) is 5.75 Å². The number of benzene rings is 1. The molecule has 0 spiro atoms. The molecule has 1 saturated carbocycles. The second kappa shape index (κ2) is 5.96. The van der Waals surface area contributed by atoms with Crippen LogP contribution < -0.4 is 10.1 Å². The molecular formula is C17H27NO. The number of nitrogens with one attached hydrogen (secondary N) is 1. The largest absolute Gasteiger partial charge is 0.494 e. The van der Waals surface area contributed by atoms with Gasteiger partial charge in [0.05, 0.1) is 6.61 Å². The predicted octanol–water partition coefficient (Wildman–Crippen LogP) is 3.97. The van der Waals surface area contributed by atoms with E-state index in [1.165, 1.54) is 24.8 Å². The van der Waals surface area contributed by atoms with Gasteiger partial charge in [-0.2, -0.15) is 0 Å². The van der Waals surface area contributed by atoms with Crippen molar-refractivity contribution in [1.82, 2.24) is 5.32 Å². The van der Waals surface area contributed by atoms with Crippen LogP contribution in [0, 0.1) is 5.41 Å². The fourth-order valence-corrected chi connectivity index (χ4v) is 3.92. The third kappa shape index (κ3) is 2.27. The van der Waals surface area contributed by atoms with E-state index in [-0.39, 0.29) is 0 Å². The van der Waals surface area contributed by atoms with Gasteiger partial charge in [0.15, 0.2) is 0 Å².